The van der Waals surface area contributed by atoms with E-state index in [1.165, 1.54) is 0 Å². The number of nitrogens with zero attached hydrogens (tertiary/aromatic N) is 1. The lowest BCUT2D eigenvalue weighted by Crippen LogP contribution is -2.31. The number of benzene rings is 1. The molecular formula is C13H18Cl2N2O. The van der Waals surface area contributed by atoms with E-state index < -0.39 is 0 Å². The summed E-state index contributed by atoms with van der Waals surface area (Å²) >= 11 is 5.80. The highest BCUT2D eigenvalue weighted by Gasteiger charge is 2.24. The summed E-state index contributed by atoms with van der Waals surface area (Å²) in [5.41, 5.74) is 6.62. The maximum absolute atomic E-state index is 12.0. The molecule has 2 N–H and O–H groups in total. The van der Waals surface area contributed by atoms with Crippen LogP contribution in [0.2, 0.25) is 5.02 Å². The summed E-state index contributed by atoms with van der Waals surface area (Å²) in [5.74, 6) is 0.660. The standard InChI is InChI=1S/C13H17ClN2O.ClH/c14-12-3-1-10(2-4-12)7-13(17)16-6-5-11(8-15)9-16;/h1-4,11H,5-9,15H2;1H. The lowest BCUT2D eigenvalue weighted by Gasteiger charge is -2.16. The Morgan fingerprint density at radius 2 is 2.06 bits per heavy atom. The molecule has 1 saturated heterocycles. The second-order valence-corrected chi connectivity index (χ2v) is 4.97. The van der Waals surface area contributed by atoms with Gasteiger partial charge in [0.1, 0.15) is 0 Å². The Morgan fingerprint density at radius 3 is 2.61 bits per heavy atom. The minimum atomic E-state index is 0. The van der Waals surface area contributed by atoms with Gasteiger partial charge in [0.15, 0.2) is 0 Å². The quantitative estimate of drug-likeness (QED) is 0.926. The molecule has 1 aromatic rings. The largest absolute Gasteiger partial charge is 0.342 e. The molecule has 1 unspecified atom stereocenters. The average molecular weight is 289 g/mol. The van der Waals surface area contributed by atoms with Crippen LogP contribution in [0.4, 0.5) is 0 Å². The molecule has 1 atom stereocenters. The zero-order valence-corrected chi connectivity index (χ0v) is 11.7. The molecule has 3 nitrogen and oxygen atoms in total. The highest BCUT2D eigenvalue weighted by molar-refractivity contribution is 6.30. The first-order valence-electron chi connectivity index (χ1n) is 5.91. The summed E-state index contributed by atoms with van der Waals surface area (Å²) in [5, 5.41) is 0.700. The molecule has 0 spiro atoms. The van der Waals surface area contributed by atoms with Gasteiger partial charge in [0.05, 0.1) is 6.42 Å². The summed E-state index contributed by atoms with van der Waals surface area (Å²) in [7, 11) is 0. The van der Waals surface area contributed by atoms with Crippen LogP contribution in [0.25, 0.3) is 0 Å². The van der Waals surface area contributed by atoms with Crippen LogP contribution in [-0.4, -0.2) is 30.4 Å². The Bertz CT molecular complexity index is 394. The van der Waals surface area contributed by atoms with Crippen molar-refractivity contribution in [3.05, 3.63) is 34.9 Å². The van der Waals surface area contributed by atoms with Gasteiger partial charge >= 0.3 is 0 Å². The molecule has 1 aliphatic heterocycles. The molecule has 5 heteroatoms. The van der Waals surface area contributed by atoms with Gasteiger partial charge in [-0.2, -0.15) is 0 Å². The van der Waals surface area contributed by atoms with E-state index in [1.54, 1.807) is 0 Å². The Kier molecular flexibility index (Phi) is 5.93. The van der Waals surface area contributed by atoms with E-state index in [0.29, 0.717) is 23.9 Å². The number of carbonyl (C=O) groups excluding carboxylic acids is 1. The van der Waals surface area contributed by atoms with E-state index >= 15 is 0 Å². The van der Waals surface area contributed by atoms with Crippen molar-refractivity contribution in [3.8, 4) is 0 Å². The number of carbonyl (C=O) groups is 1. The first-order valence-corrected chi connectivity index (χ1v) is 6.29. The third-order valence-corrected chi connectivity index (χ3v) is 3.49. The van der Waals surface area contributed by atoms with Crippen molar-refractivity contribution in [3.63, 3.8) is 0 Å². The smallest absolute Gasteiger partial charge is 0.226 e. The average Bonchev–Trinajstić information content (AvgIpc) is 2.81. The van der Waals surface area contributed by atoms with E-state index in [2.05, 4.69) is 0 Å². The van der Waals surface area contributed by atoms with Crippen molar-refractivity contribution in [1.29, 1.82) is 0 Å². The van der Waals surface area contributed by atoms with E-state index in [4.69, 9.17) is 17.3 Å². The summed E-state index contributed by atoms with van der Waals surface area (Å²) in [6.07, 6.45) is 1.48. The predicted octanol–water partition coefficient (Wildman–Crippen LogP) is 2.11. The molecular weight excluding hydrogens is 271 g/mol. The second kappa shape index (κ2) is 6.98. The highest BCUT2D eigenvalue weighted by atomic mass is 35.5. The summed E-state index contributed by atoms with van der Waals surface area (Å²) in [6, 6.07) is 7.43. The lowest BCUT2D eigenvalue weighted by molar-refractivity contribution is -0.129. The number of hydrogen-bond donors (Lipinski definition) is 1. The van der Waals surface area contributed by atoms with Gasteiger partial charge < -0.3 is 10.6 Å². The zero-order chi connectivity index (χ0) is 12.3. The third-order valence-electron chi connectivity index (χ3n) is 3.24. The van der Waals surface area contributed by atoms with Crippen LogP contribution >= 0.6 is 24.0 Å². The van der Waals surface area contributed by atoms with Gasteiger partial charge in [0.2, 0.25) is 5.91 Å². The van der Waals surface area contributed by atoms with Gasteiger partial charge in [0.25, 0.3) is 0 Å². The molecule has 100 valence electrons. The Morgan fingerprint density at radius 1 is 1.39 bits per heavy atom. The second-order valence-electron chi connectivity index (χ2n) is 4.53. The number of halogens is 2. The van der Waals surface area contributed by atoms with Crippen molar-refractivity contribution in [2.45, 2.75) is 12.8 Å². The fourth-order valence-electron chi connectivity index (χ4n) is 2.14. The molecule has 0 aliphatic carbocycles. The van der Waals surface area contributed by atoms with E-state index in [0.717, 1.165) is 25.1 Å². The molecule has 0 saturated carbocycles. The highest BCUT2D eigenvalue weighted by Crippen LogP contribution is 2.17. The van der Waals surface area contributed by atoms with Gasteiger partial charge in [-0.1, -0.05) is 23.7 Å². The first-order chi connectivity index (χ1) is 8.19. The van der Waals surface area contributed by atoms with E-state index in [-0.39, 0.29) is 18.3 Å². The molecule has 1 aliphatic rings. The fraction of sp³-hybridized carbons (Fsp3) is 0.462. The van der Waals surface area contributed by atoms with Gasteiger partial charge in [-0.3, -0.25) is 4.79 Å². The summed E-state index contributed by atoms with van der Waals surface area (Å²) < 4.78 is 0. The summed E-state index contributed by atoms with van der Waals surface area (Å²) in [6.45, 7) is 2.32. The fourth-order valence-corrected chi connectivity index (χ4v) is 2.27. The van der Waals surface area contributed by atoms with Crippen LogP contribution in [-0.2, 0) is 11.2 Å². The normalized spacial score (nSPS) is 18.6. The van der Waals surface area contributed by atoms with Crippen LogP contribution in [0.5, 0.6) is 0 Å². The molecule has 2 rings (SSSR count). The molecule has 1 amide bonds. The molecule has 1 heterocycles. The lowest BCUT2D eigenvalue weighted by atomic mass is 10.1. The van der Waals surface area contributed by atoms with Crippen molar-refractivity contribution >= 4 is 29.9 Å². The Balaban J connectivity index is 0.00000162. The van der Waals surface area contributed by atoms with Crippen LogP contribution in [0.3, 0.4) is 0 Å². The number of rotatable bonds is 3. The van der Waals surface area contributed by atoms with Crippen molar-refractivity contribution in [2.75, 3.05) is 19.6 Å². The van der Waals surface area contributed by atoms with E-state index in [1.807, 2.05) is 29.2 Å². The molecule has 0 bridgehead atoms. The van der Waals surface area contributed by atoms with E-state index in [9.17, 15) is 4.79 Å². The van der Waals surface area contributed by atoms with Crippen molar-refractivity contribution in [1.82, 2.24) is 4.90 Å². The topological polar surface area (TPSA) is 46.3 Å². The van der Waals surface area contributed by atoms with Crippen LogP contribution < -0.4 is 5.73 Å². The van der Waals surface area contributed by atoms with Gasteiger partial charge in [-0.25, -0.2) is 0 Å². The Hall–Kier alpha value is -0.770. The molecule has 0 radical (unpaired) electrons. The predicted molar refractivity (Wildman–Crippen MR) is 76.1 cm³/mol. The van der Waals surface area contributed by atoms with Gasteiger partial charge in [0, 0.05) is 18.1 Å². The first kappa shape index (κ1) is 15.3. The number of amides is 1. The van der Waals surface area contributed by atoms with Crippen LogP contribution in [0.1, 0.15) is 12.0 Å². The van der Waals surface area contributed by atoms with Gasteiger partial charge in [-0.15, -0.1) is 12.4 Å². The SMILES string of the molecule is Cl.NCC1CCN(C(=O)Cc2ccc(Cl)cc2)C1. The number of hydrogen-bond acceptors (Lipinski definition) is 2. The minimum Gasteiger partial charge on any atom is -0.342 e. The van der Waals surface area contributed by atoms with Crippen LogP contribution in [0.15, 0.2) is 24.3 Å². The third kappa shape index (κ3) is 3.87. The number of likely N-dealkylation sites (tertiary alicyclic amines) is 1. The zero-order valence-electron chi connectivity index (χ0n) is 10.1. The van der Waals surface area contributed by atoms with Gasteiger partial charge in [-0.05, 0) is 36.6 Å². The Labute approximate surface area is 119 Å². The summed E-state index contributed by atoms with van der Waals surface area (Å²) in [4.78, 5) is 13.9. The molecule has 18 heavy (non-hydrogen) atoms. The van der Waals surface area contributed by atoms with Crippen molar-refractivity contribution < 1.29 is 4.79 Å². The molecule has 0 aromatic heterocycles. The monoisotopic (exact) mass is 288 g/mol. The maximum Gasteiger partial charge on any atom is 0.226 e. The van der Waals surface area contributed by atoms with Crippen LogP contribution in [0, 0.1) is 5.92 Å². The molecule has 1 aromatic carbocycles. The van der Waals surface area contributed by atoms with Crippen molar-refractivity contribution in [2.24, 2.45) is 11.7 Å². The number of nitrogens with two attached hydrogens (primary N) is 1. The minimum absolute atomic E-state index is 0. The maximum atomic E-state index is 12.0. The molecule has 1 fully saturated rings.